The summed E-state index contributed by atoms with van der Waals surface area (Å²) in [5, 5.41) is 19.3. The molecule has 0 bridgehead atoms. The minimum Gasteiger partial charge on any atom is -0.382 e. The fraction of sp³-hybridized carbons (Fsp3) is 0.947. The molecule has 0 spiro atoms. The summed E-state index contributed by atoms with van der Waals surface area (Å²) in [6, 6.07) is 1.67. The molecule has 1 rings (SSSR count). The Bertz CT molecular complexity index is 590. The molecular weight excluding hydrogens is 441 g/mol. The van der Waals surface area contributed by atoms with E-state index in [1.807, 2.05) is 0 Å². The van der Waals surface area contributed by atoms with Crippen molar-refractivity contribution in [3.05, 3.63) is 0 Å². The highest BCUT2D eigenvalue weighted by Gasteiger charge is 2.42. The van der Waals surface area contributed by atoms with E-state index < -0.39 is 40.2 Å². The van der Waals surface area contributed by atoms with Crippen LogP contribution in [0, 0.1) is 11.3 Å². The van der Waals surface area contributed by atoms with E-state index in [-0.39, 0.29) is 44.7 Å². The maximum absolute atomic E-state index is 12.8. The molecule has 1 aliphatic rings. The topological polar surface area (TPSA) is 110 Å². The van der Waals surface area contributed by atoms with Crippen LogP contribution < -0.4 is 0 Å². The largest absolute Gasteiger partial charge is 0.382 e. The summed E-state index contributed by atoms with van der Waals surface area (Å²) < 4.78 is 43.2. The fourth-order valence-electron chi connectivity index (χ4n) is 3.36. The molecule has 0 aliphatic carbocycles. The first kappa shape index (κ1) is 29.0. The Labute approximate surface area is 189 Å². The van der Waals surface area contributed by atoms with Crippen LogP contribution in [0.15, 0.2) is 0 Å². The minimum absolute atomic E-state index is 0.0517. The third kappa shape index (κ3) is 9.00. The normalized spacial score (nSPS) is 24.1. The molecule has 1 aliphatic heterocycles. The molecule has 12 heteroatoms. The van der Waals surface area contributed by atoms with Gasteiger partial charge in [0.25, 0.3) is 8.53 Å². The van der Waals surface area contributed by atoms with E-state index in [1.165, 1.54) is 0 Å². The van der Waals surface area contributed by atoms with Crippen LogP contribution in [0.5, 0.6) is 0 Å². The summed E-state index contributed by atoms with van der Waals surface area (Å²) in [4.78, 5) is 0. The predicted molar refractivity (Wildman–Crippen MR) is 121 cm³/mol. The highest BCUT2D eigenvalue weighted by Crippen LogP contribution is 2.54. The van der Waals surface area contributed by atoms with Crippen molar-refractivity contribution in [3.8, 4) is 6.07 Å². The van der Waals surface area contributed by atoms with Crippen molar-refractivity contribution in [3.63, 3.8) is 0 Å². The first-order valence-corrected chi connectivity index (χ1v) is 13.6. The van der Waals surface area contributed by atoms with Gasteiger partial charge >= 0.3 is 7.60 Å². The van der Waals surface area contributed by atoms with E-state index in [0.717, 1.165) is 0 Å². The SMILES string of the molecule is [B][C@@H]1O[C@H](CC(O)P(=O)(OCC)OCC)C[C@@H]1OP(OCCC#N)N(C(C)C)C(C)C. The van der Waals surface area contributed by atoms with Gasteiger partial charge in [-0.2, -0.15) is 5.26 Å². The van der Waals surface area contributed by atoms with Gasteiger partial charge in [-0.05, 0) is 41.5 Å². The van der Waals surface area contributed by atoms with Crippen molar-refractivity contribution < 1.29 is 32.5 Å². The molecule has 0 saturated carbocycles. The molecule has 31 heavy (non-hydrogen) atoms. The Kier molecular flexibility index (Phi) is 13.3. The Morgan fingerprint density at radius 1 is 1.26 bits per heavy atom. The zero-order valence-corrected chi connectivity index (χ0v) is 21.3. The average molecular weight is 478 g/mol. The zero-order chi connectivity index (χ0) is 23.6. The number of aliphatic hydroxyl groups is 1. The van der Waals surface area contributed by atoms with Crippen LogP contribution in [0.3, 0.4) is 0 Å². The number of aliphatic hydroxyl groups excluding tert-OH is 1. The highest BCUT2D eigenvalue weighted by atomic mass is 31.2. The summed E-state index contributed by atoms with van der Waals surface area (Å²) in [6.45, 7) is 12.2. The van der Waals surface area contributed by atoms with Crippen molar-refractivity contribution >= 4 is 24.0 Å². The molecule has 0 amide bonds. The van der Waals surface area contributed by atoms with Gasteiger partial charge in [0.05, 0.1) is 44.5 Å². The fourth-order valence-corrected chi connectivity index (χ4v) is 6.73. The monoisotopic (exact) mass is 478 g/mol. The lowest BCUT2D eigenvalue weighted by molar-refractivity contribution is 0.0368. The first-order valence-electron chi connectivity index (χ1n) is 10.8. The second-order valence-corrected chi connectivity index (χ2v) is 11.3. The van der Waals surface area contributed by atoms with E-state index in [0.29, 0.717) is 6.42 Å². The lowest BCUT2D eigenvalue weighted by Gasteiger charge is -2.37. The maximum Gasteiger partial charge on any atom is 0.358 e. The van der Waals surface area contributed by atoms with Crippen LogP contribution in [0.25, 0.3) is 0 Å². The molecule has 1 N–H and O–H groups in total. The summed E-state index contributed by atoms with van der Waals surface area (Å²) in [6.07, 6.45) is -0.217. The summed E-state index contributed by atoms with van der Waals surface area (Å²) in [5.74, 6) is -1.32. The standard InChI is InChI=1S/C19H37BN2O7P2/c1-7-26-31(24,27-8-2)18(23)13-16-12-17(19(20)28-16)29-30(25-11-9-10-21)22(14(3)4)15(5)6/h14-19,23H,7-9,11-13H2,1-6H3/t16-,17-,18?,19+,30?/m0/s1. The Morgan fingerprint density at radius 3 is 2.32 bits per heavy atom. The van der Waals surface area contributed by atoms with Crippen LogP contribution in [-0.2, 0) is 27.4 Å². The van der Waals surface area contributed by atoms with E-state index in [2.05, 4.69) is 38.4 Å². The second-order valence-electron chi connectivity index (χ2n) is 7.74. The van der Waals surface area contributed by atoms with Crippen molar-refractivity contribution in [2.24, 2.45) is 0 Å². The highest BCUT2D eigenvalue weighted by molar-refractivity contribution is 7.54. The van der Waals surface area contributed by atoms with Gasteiger partial charge in [0.1, 0.15) is 7.85 Å². The first-order chi connectivity index (χ1) is 14.6. The van der Waals surface area contributed by atoms with E-state index in [4.69, 9.17) is 35.9 Å². The van der Waals surface area contributed by atoms with Crippen LogP contribution >= 0.6 is 16.1 Å². The smallest absolute Gasteiger partial charge is 0.358 e. The number of hydrogen-bond acceptors (Lipinski definition) is 9. The quantitative estimate of drug-likeness (QED) is 0.213. The molecule has 0 aromatic heterocycles. The van der Waals surface area contributed by atoms with Crippen LogP contribution in [0.4, 0.5) is 0 Å². The van der Waals surface area contributed by atoms with Crippen molar-refractivity contribution in [1.29, 1.82) is 5.26 Å². The third-order valence-corrected chi connectivity index (χ3v) is 8.89. The number of hydrogen-bond donors (Lipinski definition) is 1. The van der Waals surface area contributed by atoms with Gasteiger partial charge in [-0.1, -0.05) is 0 Å². The average Bonchev–Trinajstić information content (AvgIpc) is 3.00. The number of nitrogens with zero attached hydrogens (tertiary/aromatic N) is 2. The molecule has 0 aromatic rings. The number of rotatable bonds is 15. The molecule has 1 saturated heterocycles. The van der Waals surface area contributed by atoms with Crippen molar-refractivity contribution in [2.45, 2.75) is 96.9 Å². The number of nitriles is 1. The lowest BCUT2D eigenvalue weighted by Crippen LogP contribution is -2.36. The van der Waals surface area contributed by atoms with Crippen molar-refractivity contribution in [1.82, 2.24) is 4.67 Å². The third-order valence-electron chi connectivity index (χ3n) is 4.56. The van der Waals surface area contributed by atoms with Gasteiger partial charge in [-0.3, -0.25) is 4.57 Å². The van der Waals surface area contributed by atoms with Crippen LogP contribution in [0.2, 0.25) is 0 Å². The Hall–Kier alpha value is -0.0651. The maximum atomic E-state index is 12.8. The predicted octanol–water partition coefficient (Wildman–Crippen LogP) is 3.91. The van der Waals surface area contributed by atoms with Crippen LogP contribution in [0.1, 0.15) is 60.8 Å². The van der Waals surface area contributed by atoms with Crippen molar-refractivity contribution in [2.75, 3.05) is 19.8 Å². The van der Waals surface area contributed by atoms with Gasteiger partial charge < -0.3 is 27.9 Å². The molecule has 1 heterocycles. The Morgan fingerprint density at radius 2 is 1.84 bits per heavy atom. The minimum atomic E-state index is -3.66. The molecule has 2 unspecified atom stereocenters. The molecule has 1 fully saturated rings. The van der Waals surface area contributed by atoms with Gasteiger partial charge in [-0.25, -0.2) is 4.67 Å². The van der Waals surface area contributed by atoms with Crippen LogP contribution in [-0.4, -0.2) is 73.6 Å². The second kappa shape index (κ2) is 14.3. The molecular formula is C19H37BN2O7P2. The lowest BCUT2D eigenvalue weighted by atomic mass is 9.94. The molecule has 5 atom stereocenters. The zero-order valence-electron chi connectivity index (χ0n) is 19.5. The molecule has 0 aromatic carbocycles. The van der Waals surface area contributed by atoms with Gasteiger partial charge in [0, 0.05) is 30.9 Å². The van der Waals surface area contributed by atoms with E-state index in [1.54, 1.807) is 13.8 Å². The molecule has 2 radical (unpaired) electrons. The van der Waals surface area contributed by atoms with E-state index in [9.17, 15) is 9.67 Å². The van der Waals surface area contributed by atoms with Gasteiger partial charge in [-0.15, -0.1) is 0 Å². The number of ether oxygens (including phenoxy) is 1. The summed E-state index contributed by atoms with van der Waals surface area (Å²) >= 11 is 0. The Balaban J connectivity index is 2.83. The molecule has 178 valence electrons. The summed E-state index contributed by atoms with van der Waals surface area (Å²) in [7, 11) is 1.02. The molecule has 9 nitrogen and oxygen atoms in total. The van der Waals surface area contributed by atoms with E-state index >= 15 is 0 Å². The van der Waals surface area contributed by atoms with Gasteiger partial charge in [0.2, 0.25) is 0 Å². The van der Waals surface area contributed by atoms with Gasteiger partial charge in [0.15, 0.2) is 5.85 Å². The summed E-state index contributed by atoms with van der Waals surface area (Å²) in [5.41, 5.74) is 0.